The number of nitrogens with two attached hydrogens (primary N) is 1. The van der Waals surface area contributed by atoms with E-state index in [-0.39, 0.29) is 11.3 Å². The summed E-state index contributed by atoms with van der Waals surface area (Å²) < 4.78 is 19.1. The summed E-state index contributed by atoms with van der Waals surface area (Å²) in [4.78, 5) is 0. The third-order valence-corrected chi connectivity index (χ3v) is 2.61. The molecule has 0 saturated carbocycles. The maximum Gasteiger partial charge on any atom is 0.146 e. The molecule has 0 aliphatic heterocycles. The van der Waals surface area contributed by atoms with E-state index in [0.29, 0.717) is 10.8 Å². The highest BCUT2D eigenvalue weighted by Crippen LogP contribution is 2.31. The summed E-state index contributed by atoms with van der Waals surface area (Å²) in [6, 6.07) is 11.0. The number of benzene rings is 2. The number of hydrogen-bond acceptors (Lipinski definition) is 2. The fourth-order valence-electron chi connectivity index (χ4n) is 1.50. The Hall–Kier alpha value is -2.07. The predicted octanol–water partition coefficient (Wildman–Crippen LogP) is 3.56. The van der Waals surface area contributed by atoms with Crippen LogP contribution in [-0.2, 0) is 0 Å². The zero-order chi connectivity index (χ0) is 13.1. The van der Waals surface area contributed by atoms with Gasteiger partial charge < -0.3 is 10.5 Å². The van der Waals surface area contributed by atoms with Crippen molar-refractivity contribution in [2.75, 3.05) is 0 Å². The van der Waals surface area contributed by atoms with Gasteiger partial charge >= 0.3 is 0 Å². The van der Waals surface area contributed by atoms with Crippen LogP contribution in [0.15, 0.2) is 42.5 Å². The number of para-hydroxylation sites is 1. The lowest BCUT2D eigenvalue weighted by molar-refractivity contribution is 0.475. The van der Waals surface area contributed by atoms with E-state index in [9.17, 15) is 4.39 Å². The van der Waals surface area contributed by atoms with Gasteiger partial charge in [-0.15, -0.1) is 0 Å². The second kappa shape index (κ2) is 5.06. The normalized spacial score (nSPS) is 10.1. The topological polar surface area (TPSA) is 59.1 Å². The fraction of sp³-hybridized carbons (Fsp3) is 0. The smallest absolute Gasteiger partial charge is 0.146 e. The molecule has 2 rings (SSSR count). The third-order valence-electron chi connectivity index (χ3n) is 2.30. The molecule has 0 radical (unpaired) electrons. The van der Waals surface area contributed by atoms with Gasteiger partial charge in [0.1, 0.15) is 23.2 Å². The van der Waals surface area contributed by atoms with E-state index in [2.05, 4.69) is 0 Å². The lowest BCUT2D eigenvalue weighted by atomic mass is 10.1. The Morgan fingerprint density at radius 2 is 1.78 bits per heavy atom. The molecule has 18 heavy (non-hydrogen) atoms. The lowest BCUT2D eigenvalue weighted by Crippen LogP contribution is -2.14. The van der Waals surface area contributed by atoms with E-state index in [1.165, 1.54) is 18.2 Å². The number of ether oxygens (including phenoxy) is 1. The van der Waals surface area contributed by atoms with Gasteiger partial charge in [0.15, 0.2) is 0 Å². The highest BCUT2D eigenvalue weighted by molar-refractivity contribution is 6.32. The Kier molecular flexibility index (Phi) is 3.48. The van der Waals surface area contributed by atoms with E-state index in [0.717, 1.165) is 0 Å². The van der Waals surface area contributed by atoms with Crippen LogP contribution in [-0.4, -0.2) is 5.84 Å². The van der Waals surface area contributed by atoms with Gasteiger partial charge in [-0.1, -0.05) is 29.8 Å². The van der Waals surface area contributed by atoms with Gasteiger partial charge in [-0.05, 0) is 24.3 Å². The summed E-state index contributed by atoms with van der Waals surface area (Å²) in [6.45, 7) is 0. The van der Waals surface area contributed by atoms with Crippen LogP contribution in [0.4, 0.5) is 4.39 Å². The molecule has 0 unspecified atom stereocenters. The number of halogens is 2. The van der Waals surface area contributed by atoms with Crippen LogP contribution in [0, 0.1) is 11.2 Å². The summed E-state index contributed by atoms with van der Waals surface area (Å²) in [5.41, 5.74) is 5.27. The minimum atomic E-state index is -0.605. The first-order valence-electron chi connectivity index (χ1n) is 5.15. The second-order valence-corrected chi connectivity index (χ2v) is 3.97. The lowest BCUT2D eigenvalue weighted by Gasteiger charge is -2.11. The summed E-state index contributed by atoms with van der Waals surface area (Å²) >= 11 is 5.94. The average molecular weight is 265 g/mol. The van der Waals surface area contributed by atoms with Crippen molar-refractivity contribution in [2.45, 2.75) is 0 Å². The molecule has 0 aliphatic carbocycles. The van der Waals surface area contributed by atoms with E-state index < -0.39 is 11.7 Å². The van der Waals surface area contributed by atoms with Crippen LogP contribution in [0.5, 0.6) is 11.5 Å². The number of hydrogen-bond donors (Lipinski definition) is 2. The van der Waals surface area contributed by atoms with E-state index in [1.807, 2.05) is 0 Å². The van der Waals surface area contributed by atoms with Crippen molar-refractivity contribution < 1.29 is 9.13 Å². The Morgan fingerprint density at radius 3 is 2.44 bits per heavy atom. The van der Waals surface area contributed by atoms with Crippen LogP contribution in [0.1, 0.15) is 5.56 Å². The van der Waals surface area contributed by atoms with Crippen LogP contribution in [0.2, 0.25) is 5.02 Å². The Balaban J connectivity index is 2.44. The summed E-state index contributed by atoms with van der Waals surface area (Å²) in [5, 5.41) is 7.76. The molecule has 0 bridgehead atoms. The minimum absolute atomic E-state index is 0.0718. The molecule has 92 valence electrons. The molecule has 0 spiro atoms. The molecule has 5 heteroatoms. The molecule has 0 aliphatic rings. The standard InChI is InChI=1S/C13H10ClFN2O/c14-8-4-1-2-6-10(8)18-11-7-3-5-9(15)12(11)13(16)17/h1-7H,(H3,16,17). The van der Waals surface area contributed by atoms with Gasteiger partial charge in [-0.2, -0.15) is 0 Å². The van der Waals surface area contributed by atoms with Gasteiger partial charge in [0.2, 0.25) is 0 Å². The molecule has 3 nitrogen and oxygen atoms in total. The van der Waals surface area contributed by atoms with E-state index in [4.69, 9.17) is 27.5 Å². The van der Waals surface area contributed by atoms with Gasteiger partial charge in [-0.3, -0.25) is 5.41 Å². The molecule has 0 atom stereocenters. The van der Waals surface area contributed by atoms with Crippen molar-refractivity contribution in [3.05, 3.63) is 58.9 Å². The van der Waals surface area contributed by atoms with Gasteiger partial charge in [0.25, 0.3) is 0 Å². The van der Waals surface area contributed by atoms with Crippen LogP contribution in [0.3, 0.4) is 0 Å². The second-order valence-electron chi connectivity index (χ2n) is 3.56. The monoisotopic (exact) mass is 264 g/mol. The average Bonchev–Trinajstić information content (AvgIpc) is 2.31. The predicted molar refractivity (Wildman–Crippen MR) is 68.9 cm³/mol. The number of rotatable bonds is 3. The molecule has 0 heterocycles. The van der Waals surface area contributed by atoms with Crippen LogP contribution < -0.4 is 10.5 Å². The molecule has 3 N–H and O–H groups in total. The SMILES string of the molecule is N=C(N)c1c(F)cccc1Oc1ccccc1Cl. The van der Waals surface area contributed by atoms with Crippen molar-refractivity contribution in [1.29, 1.82) is 5.41 Å². The van der Waals surface area contributed by atoms with Crippen molar-refractivity contribution in [2.24, 2.45) is 5.73 Å². The summed E-state index contributed by atoms with van der Waals surface area (Å²) in [5.74, 6) is -0.454. The molecule has 0 fully saturated rings. The maximum atomic E-state index is 13.6. The fourth-order valence-corrected chi connectivity index (χ4v) is 1.67. The quantitative estimate of drug-likeness (QED) is 0.658. The first-order chi connectivity index (χ1) is 8.59. The zero-order valence-electron chi connectivity index (χ0n) is 9.28. The van der Waals surface area contributed by atoms with Gasteiger partial charge in [-0.25, -0.2) is 4.39 Å². The zero-order valence-corrected chi connectivity index (χ0v) is 10.0. The molecule has 2 aromatic carbocycles. The number of nitrogens with one attached hydrogen (secondary N) is 1. The van der Waals surface area contributed by atoms with Crippen molar-refractivity contribution in [1.82, 2.24) is 0 Å². The molecular formula is C13H10ClFN2O. The van der Waals surface area contributed by atoms with Gasteiger partial charge in [0.05, 0.1) is 10.6 Å². The summed E-state index contributed by atoms with van der Waals surface area (Å²) in [6.07, 6.45) is 0. The first-order valence-corrected chi connectivity index (χ1v) is 5.52. The molecule has 0 aromatic heterocycles. The molecule has 0 amide bonds. The van der Waals surface area contributed by atoms with Crippen molar-refractivity contribution >= 4 is 17.4 Å². The van der Waals surface area contributed by atoms with Crippen LogP contribution in [0.25, 0.3) is 0 Å². The molecule has 2 aromatic rings. The number of amidine groups is 1. The first kappa shape index (κ1) is 12.4. The summed E-state index contributed by atoms with van der Waals surface area (Å²) in [7, 11) is 0. The van der Waals surface area contributed by atoms with Crippen LogP contribution >= 0.6 is 11.6 Å². The largest absolute Gasteiger partial charge is 0.455 e. The van der Waals surface area contributed by atoms with Crippen molar-refractivity contribution in [3.63, 3.8) is 0 Å². The maximum absolute atomic E-state index is 13.6. The minimum Gasteiger partial charge on any atom is -0.455 e. The molecule has 0 saturated heterocycles. The number of nitrogen functional groups attached to an aromatic ring is 1. The third kappa shape index (κ3) is 2.43. The van der Waals surface area contributed by atoms with Gasteiger partial charge in [0, 0.05) is 0 Å². The molecular weight excluding hydrogens is 255 g/mol. The van der Waals surface area contributed by atoms with Crippen molar-refractivity contribution in [3.8, 4) is 11.5 Å². The van der Waals surface area contributed by atoms with E-state index in [1.54, 1.807) is 24.3 Å². The van der Waals surface area contributed by atoms with E-state index >= 15 is 0 Å². The highest BCUT2D eigenvalue weighted by Gasteiger charge is 2.14. The Morgan fingerprint density at radius 1 is 1.11 bits per heavy atom. The Labute approximate surface area is 108 Å². The Bertz CT molecular complexity index is 601. The highest BCUT2D eigenvalue weighted by atomic mass is 35.5.